The van der Waals surface area contributed by atoms with Gasteiger partial charge in [0.25, 0.3) is 0 Å². The summed E-state index contributed by atoms with van der Waals surface area (Å²) in [5.41, 5.74) is -0.193. The van der Waals surface area contributed by atoms with Gasteiger partial charge in [-0.15, -0.1) is 11.3 Å². The highest BCUT2D eigenvalue weighted by molar-refractivity contribution is 7.19. The molecule has 1 aromatic heterocycles. The van der Waals surface area contributed by atoms with Gasteiger partial charge in [0.15, 0.2) is 5.60 Å². The number of benzene rings is 2. The topological polar surface area (TPSA) is 55.8 Å². The molecule has 0 saturated heterocycles. The van der Waals surface area contributed by atoms with E-state index in [2.05, 4.69) is 0 Å². The quantitative estimate of drug-likeness (QED) is 0.371. The molecule has 0 spiro atoms. The molecule has 0 amide bonds. The molecule has 0 aliphatic carbocycles. The van der Waals surface area contributed by atoms with E-state index in [9.17, 15) is 23.1 Å². The third-order valence-corrected chi connectivity index (χ3v) is 6.52. The first kappa shape index (κ1) is 23.9. The summed E-state index contributed by atoms with van der Waals surface area (Å²) in [5.74, 6) is 0.0677. The standard InChI is InChI=1S/C24H25F3O4S/c1-14-12-17(8-10-19(14)31-23(3,4)22(28)29)30-11-5-6-20-15(2)18-9-7-16(24(25,26)27)13-21(18)32-20/h7-10,12-13H,5-6,11H2,1-4H3,(H,28,29). The third kappa shape index (κ3) is 5.35. The molecule has 32 heavy (non-hydrogen) atoms. The fourth-order valence-electron chi connectivity index (χ4n) is 3.26. The van der Waals surface area contributed by atoms with E-state index in [4.69, 9.17) is 9.47 Å². The average Bonchev–Trinajstić information content (AvgIpc) is 3.01. The third-order valence-electron chi connectivity index (χ3n) is 5.21. The van der Waals surface area contributed by atoms with Crippen LogP contribution in [0.1, 0.15) is 41.8 Å². The molecule has 3 aromatic rings. The van der Waals surface area contributed by atoms with Gasteiger partial charge in [0.1, 0.15) is 11.5 Å². The van der Waals surface area contributed by atoms with Crippen molar-refractivity contribution < 1.29 is 32.5 Å². The molecular weight excluding hydrogens is 441 g/mol. The summed E-state index contributed by atoms with van der Waals surface area (Å²) in [4.78, 5) is 12.3. The predicted octanol–water partition coefficient (Wildman–Crippen LogP) is 6.79. The van der Waals surface area contributed by atoms with E-state index in [-0.39, 0.29) is 0 Å². The number of thiophene rings is 1. The highest BCUT2D eigenvalue weighted by Gasteiger charge is 2.31. The second-order valence-electron chi connectivity index (χ2n) is 8.16. The van der Waals surface area contributed by atoms with Crippen LogP contribution in [0.3, 0.4) is 0 Å². The number of aliphatic carboxylic acids is 1. The van der Waals surface area contributed by atoms with Crippen molar-refractivity contribution >= 4 is 27.4 Å². The molecule has 0 atom stereocenters. The van der Waals surface area contributed by atoms with Gasteiger partial charge in [-0.1, -0.05) is 6.07 Å². The smallest absolute Gasteiger partial charge is 0.416 e. The van der Waals surface area contributed by atoms with Crippen LogP contribution in [0.5, 0.6) is 11.5 Å². The van der Waals surface area contributed by atoms with Crippen LogP contribution in [-0.4, -0.2) is 23.3 Å². The minimum absolute atomic E-state index is 0.446. The average molecular weight is 467 g/mol. The van der Waals surface area contributed by atoms with Crippen LogP contribution in [0.4, 0.5) is 13.2 Å². The number of halogens is 3. The zero-order valence-corrected chi connectivity index (χ0v) is 19.1. The molecule has 1 heterocycles. The molecular formula is C24H25F3O4S. The van der Waals surface area contributed by atoms with Crippen molar-refractivity contribution in [2.75, 3.05) is 6.61 Å². The maximum Gasteiger partial charge on any atom is 0.416 e. The van der Waals surface area contributed by atoms with E-state index in [1.54, 1.807) is 24.3 Å². The Labute approximate surface area is 188 Å². The minimum atomic E-state index is -4.35. The number of carbonyl (C=O) groups is 1. The first-order valence-corrected chi connectivity index (χ1v) is 11.0. The van der Waals surface area contributed by atoms with Gasteiger partial charge in [-0.3, -0.25) is 0 Å². The van der Waals surface area contributed by atoms with Crippen molar-refractivity contribution in [3.8, 4) is 11.5 Å². The minimum Gasteiger partial charge on any atom is -0.494 e. The number of hydrogen-bond acceptors (Lipinski definition) is 4. The molecule has 4 nitrogen and oxygen atoms in total. The number of hydrogen-bond donors (Lipinski definition) is 1. The lowest BCUT2D eigenvalue weighted by Crippen LogP contribution is -2.38. The number of aryl methyl sites for hydroxylation is 3. The monoisotopic (exact) mass is 466 g/mol. The largest absolute Gasteiger partial charge is 0.494 e. The summed E-state index contributed by atoms with van der Waals surface area (Å²) in [6.45, 7) is 7.17. The van der Waals surface area contributed by atoms with E-state index in [0.29, 0.717) is 35.6 Å². The number of fused-ring (bicyclic) bond motifs is 1. The lowest BCUT2D eigenvalue weighted by Gasteiger charge is -2.23. The lowest BCUT2D eigenvalue weighted by atomic mass is 10.1. The van der Waals surface area contributed by atoms with E-state index >= 15 is 0 Å². The highest BCUT2D eigenvalue weighted by Crippen LogP contribution is 2.37. The van der Waals surface area contributed by atoms with E-state index in [0.717, 1.165) is 27.5 Å². The van der Waals surface area contributed by atoms with Crippen molar-refractivity contribution in [2.45, 2.75) is 52.3 Å². The fraction of sp³-hybridized carbons (Fsp3) is 0.375. The predicted molar refractivity (Wildman–Crippen MR) is 119 cm³/mol. The maximum absolute atomic E-state index is 13.0. The summed E-state index contributed by atoms with van der Waals surface area (Å²) in [6.07, 6.45) is -2.93. The van der Waals surface area contributed by atoms with Gasteiger partial charge in [-0.05, 0) is 87.4 Å². The van der Waals surface area contributed by atoms with Crippen molar-refractivity contribution in [2.24, 2.45) is 0 Å². The highest BCUT2D eigenvalue weighted by atomic mass is 32.1. The summed E-state index contributed by atoms with van der Waals surface area (Å²) in [7, 11) is 0. The maximum atomic E-state index is 13.0. The van der Waals surface area contributed by atoms with Gasteiger partial charge in [0, 0.05) is 9.58 Å². The Morgan fingerprint density at radius 2 is 1.81 bits per heavy atom. The molecule has 0 saturated carbocycles. The first-order chi connectivity index (χ1) is 14.9. The van der Waals surface area contributed by atoms with Gasteiger partial charge < -0.3 is 14.6 Å². The molecule has 2 aromatic carbocycles. The summed E-state index contributed by atoms with van der Waals surface area (Å²) >= 11 is 1.39. The molecule has 0 unspecified atom stereocenters. The van der Waals surface area contributed by atoms with E-state index < -0.39 is 23.3 Å². The molecule has 1 N–H and O–H groups in total. The van der Waals surface area contributed by atoms with Crippen LogP contribution < -0.4 is 9.47 Å². The first-order valence-electron chi connectivity index (χ1n) is 10.1. The SMILES string of the molecule is Cc1cc(OCCCc2sc3cc(C(F)(F)F)ccc3c2C)ccc1OC(C)(C)C(=O)O. The zero-order chi connectivity index (χ0) is 23.7. The molecule has 0 bridgehead atoms. The van der Waals surface area contributed by atoms with Crippen LogP contribution >= 0.6 is 11.3 Å². The van der Waals surface area contributed by atoms with Gasteiger partial charge in [-0.2, -0.15) is 13.2 Å². The van der Waals surface area contributed by atoms with Crippen LogP contribution in [0.15, 0.2) is 36.4 Å². The van der Waals surface area contributed by atoms with E-state index in [1.165, 1.54) is 31.3 Å². The Morgan fingerprint density at radius 3 is 2.44 bits per heavy atom. The second kappa shape index (κ2) is 9.02. The Morgan fingerprint density at radius 1 is 1.09 bits per heavy atom. The molecule has 0 fully saturated rings. The molecule has 0 radical (unpaired) electrons. The van der Waals surface area contributed by atoms with Crippen LogP contribution in [0.2, 0.25) is 0 Å². The van der Waals surface area contributed by atoms with Crippen molar-refractivity contribution in [1.29, 1.82) is 0 Å². The number of ether oxygens (including phenoxy) is 2. The number of carboxylic acids is 1. The molecule has 3 rings (SSSR count). The Hall–Kier alpha value is -2.74. The van der Waals surface area contributed by atoms with Crippen LogP contribution in [-0.2, 0) is 17.4 Å². The summed E-state index contributed by atoms with van der Waals surface area (Å²) < 4.78 is 50.9. The van der Waals surface area contributed by atoms with Gasteiger partial charge >= 0.3 is 12.1 Å². The normalized spacial score (nSPS) is 12.2. The van der Waals surface area contributed by atoms with Crippen molar-refractivity contribution in [3.05, 3.63) is 58.0 Å². The lowest BCUT2D eigenvalue weighted by molar-refractivity contribution is -0.152. The number of carboxylic acid groups (broad SMARTS) is 1. The molecule has 8 heteroatoms. The fourth-order valence-corrected chi connectivity index (χ4v) is 4.55. The van der Waals surface area contributed by atoms with Gasteiger partial charge in [0.2, 0.25) is 0 Å². The summed E-state index contributed by atoms with van der Waals surface area (Å²) in [6, 6.07) is 9.08. The van der Waals surface area contributed by atoms with Crippen LogP contribution in [0, 0.1) is 13.8 Å². The molecule has 0 aliphatic heterocycles. The van der Waals surface area contributed by atoms with Crippen LogP contribution in [0.25, 0.3) is 10.1 Å². The second-order valence-corrected chi connectivity index (χ2v) is 9.29. The summed E-state index contributed by atoms with van der Waals surface area (Å²) in [5, 5.41) is 10.1. The molecule has 172 valence electrons. The number of rotatable bonds is 8. The molecule has 0 aliphatic rings. The van der Waals surface area contributed by atoms with E-state index in [1.807, 2.05) is 13.8 Å². The Balaban J connectivity index is 1.59. The van der Waals surface area contributed by atoms with Gasteiger partial charge in [0.05, 0.1) is 12.2 Å². The zero-order valence-electron chi connectivity index (χ0n) is 18.3. The van der Waals surface area contributed by atoms with Crippen molar-refractivity contribution in [3.63, 3.8) is 0 Å². The Kier molecular flexibility index (Phi) is 6.74. The van der Waals surface area contributed by atoms with Crippen molar-refractivity contribution in [1.82, 2.24) is 0 Å². The van der Waals surface area contributed by atoms with Gasteiger partial charge in [-0.25, -0.2) is 4.79 Å². The number of alkyl halides is 3. The Bertz CT molecular complexity index is 1130.